The molecular weight excluding hydrogens is 382 g/mol. The highest BCUT2D eigenvalue weighted by molar-refractivity contribution is 6.10. The molecule has 0 radical (unpaired) electrons. The minimum atomic E-state index is -0.443. The summed E-state index contributed by atoms with van der Waals surface area (Å²) in [6, 6.07) is 15.3. The quantitative estimate of drug-likeness (QED) is 0.566. The maximum Gasteiger partial charge on any atom is 0.275 e. The fraction of sp³-hybridized carbons (Fsp3) is 0.190. The molecule has 9 heteroatoms. The summed E-state index contributed by atoms with van der Waals surface area (Å²) in [5.41, 5.74) is 3.08. The van der Waals surface area contributed by atoms with Crippen molar-refractivity contribution < 1.29 is 9.59 Å². The molecule has 0 spiro atoms. The Balaban J connectivity index is 1.41. The molecule has 0 saturated carbocycles. The van der Waals surface area contributed by atoms with Crippen LogP contribution in [0.15, 0.2) is 54.7 Å². The third kappa shape index (κ3) is 3.10. The highest BCUT2D eigenvalue weighted by Gasteiger charge is 2.28. The molecule has 1 N–H and O–H groups in total. The zero-order chi connectivity index (χ0) is 20.7. The third-order valence-corrected chi connectivity index (χ3v) is 5.17. The Morgan fingerprint density at radius 1 is 1.03 bits per heavy atom. The Hall–Kier alpha value is -4.01. The molecular formula is C21H19N7O2. The molecule has 150 valence electrons. The minimum absolute atomic E-state index is 0.178. The van der Waals surface area contributed by atoms with Crippen LogP contribution in [-0.4, -0.2) is 54.4 Å². The second kappa shape index (κ2) is 7.11. The van der Waals surface area contributed by atoms with Crippen molar-refractivity contribution in [2.45, 2.75) is 6.42 Å². The van der Waals surface area contributed by atoms with Crippen LogP contribution in [0.3, 0.4) is 0 Å². The lowest BCUT2D eigenvalue weighted by Crippen LogP contribution is -2.42. The van der Waals surface area contributed by atoms with Crippen molar-refractivity contribution in [2.75, 3.05) is 18.4 Å². The van der Waals surface area contributed by atoms with Gasteiger partial charge in [0.25, 0.3) is 11.8 Å². The van der Waals surface area contributed by atoms with Gasteiger partial charge in [-0.15, -0.1) is 14.8 Å². The fourth-order valence-corrected chi connectivity index (χ4v) is 3.43. The third-order valence-electron chi connectivity index (χ3n) is 5.17. The van der Waals surface area contributed by atoms with E-state index in [2.05, 4.69) is 20.6 Å². The van der Waals surface area contributed by atoms with E-state index < -0.39 is 5.91 Å². The van der Waals surface area contributed by atoms with Crippen LogP contribution in [0.4, 0.5) is 5.82 Å². The number of benzene rings is 1. The first-order valence-corrected chi connectivity index (χ1v) is 9.65. The minimum Gasteiger partial charge on any atom is -0.338 e. The SMILES string of the molecule is Cn1ncc(C(=O)N2CCC2)c1C(=O)Nc1ccc2cc(-c3ccccc3)nn2n1. The zero-order valence-electron chi connectivity index (χ0n) is 16.3. The van der Waals surface area contributed by atoms with Crippen molar-refractivity contribution in [2.24, 2.45) is 7.05 Å². The van der Waals surface area contributed by atoms with Crippen LogP contribution in [0.25, 0.3) is 16.8 Å². The molecule has 1 fully saturated rings. The maximum atomic E-state index is 12.9. The molecule has 9 nitrogen and oxygen atoms in total. The van der Waals surface area contributed by atoms with Crippen LogP contribution in [0.5, 0.6) is 0 Å². The molecule has 0 bridgehead atoms. The lowest BCUT2D eigenvalue weighted by atomic mass is 10.1. The number of aryl methyl sites for hydroxylation is 1. The maximum absolute atomic E-state index is 12.9. The number of hydrogen-bond acceptors (Lipinski definition) is 5. The number of rotatable bonds is 4. The van der Waals surface area contributed by atoms with E-state index in [0.717, 1.165) is 23.2 Å². The van der Waals surface area contributed by atoms with Gasteiger partial charge in [-0.3, -0.25) is 14.3 Å². The summed E-state index contributed by atoms with van der Waals surface area (Å²) in [6.45, 7) is 1.41. The van der Waals surface area contributed by atoms with Crippen LogP contribution < -0.4 is 5.32 Å². The molecule has 4 heterocycles. The van der Waals surface area contributed by atoms with E-state index in [1.54, 1.807) is 18.0 Å². The van der Waals surface area contributed by atoms with Gasteiger partial charge in [0.15, 0.2) is 5.82 Å². The Morgan fingerprint density at radius 2 is 1.83 bits per heavy atom. The first-order chi connectivity index (χ1) is 14.6. The first kappa shape index (κ1) is 18.0. The number of carbonyl (C=O) groups excluding carboxylic acids is 2. The highest BCUT2D eigenvalue weighted by atomic mass is 16.2. The standard InChI is InChI=1S/C21H19N7O2/c1-26-19(16(13-22-26)21(30)27-10-5-11-27)20(29)23-18-9-8-15-12-17(24-28(15)25-18)14-6-3-2-4-7-14/h2-4,6-9,12-13H,5,10-11H2,1H3,(H,23,25,29). The van der Waals surface area contributed by atoms with Crippen molar-refractivity contribution in [1.82, 2.24) is 29.5 Å². The molecule has 0 unspecified atom stereocenters. The molecule has 0 atom stereocenters. The lowest BCUT2D eigenvalue weighted by Gasteiger charge is -2.30. The molecule has 30 heavy (non-hydrogen) atoms. The smallest absolute Gasteiger partial charge is 0.275 e. The zero-order valence-corrected chi connectivity index (χ0v) is 16.3. The Morgan fingerprint density at radius 3 is 2.57 bits per heavy atom. The summed E-state index contributed by atoms with van der Waals surface area (Å²) in [5, 5.41) is 15.7. The van der Waals surface area contributed by atoms with E-state index in [4.69, 9.17) is 0 Å². The van der Waals surface area contributed by atoms with E-state index in [1.807, 2.05) is 42.5 Å². The molecule has 1 saturated heterocycles. The largest absolute Gasteiger partial charge is 0.338 e. The van der Waals surface area contributed by atoms with E-state index in [-0.39, 0.29) is 11.6 Å². The molecule has 5 rings (SSSR count). The number of anilines is 1. The Bertz CT molecular complexity index is 1260. The number of amides is 2. The number of aromatic nitrogens is 5. The van der Waals surface area contributed by atoms with Gasteiger partial charge in [0.2, 0.25) is 0 Å². The average Bonchev–Trinajstić information content (AvgIpc) is 3.30. The number of carbonyl (C=O) groups is 2. The molecule has 1 aliphatic heterocycles. The Labute approximate surface area is 171 Å². The van der Waals surface area contributed by atoms with E-state index >= 15 is 0 Å². The summed E-state index contributed by atoms with van der Waals surface area (Å²) in [7, 11) is 1.64. The van der Waals surface area contributed by atoms with Gasteiger partial charge in [0.1, 0.15) is 5.69 Å². The lowest BCUT2D eigenvalue weighted by molar-refractivity contribution is 0.0648. The number of nitrogens with zero attached hydrogens (tertiary/aromatic N) is 6. The molecule has 2 amide bonds. The highest BCUT2D eigenvalue weighted by Crippen LogP contribution is 2.20. The number of hydrogen-bond donors (Lipinski definition) is 1. The summed E-state index contributed by atoms with van der Waals surface area (Å²) in [6.07, 6.45) is 2.41. The second-order valence-corrected chi connectivity index (χ2v) is 7.16. The van der Waals surface area contributed by atoms with Crippen LogP contribution in [-0.2, 0) is 7.05 Å². The molecule has 1 aromatic carbocycles. The molecule has 1 aliphatic rings. The van der Waals surface area contributed by atoms with Gasteiger partial charge in [-0.1, -0.05) is 30.3 Å². The number of fused-ring (bicyclic) bond motifs is 1. The molecule has 4 aromatic rings. The van der Waals surface area contributed by atoms with Gasteiger partial charge in [0, 0.05) is 25.7 Å². The summed E-state index contributed by atoms with van der Waals surface area (Å²) >= 11 is 0. The van der Waals surface area contributed by atoms with Gasteiger partial charge in [-0.2, -0.15) is 5.10 Å². The first-order valence-electron chi connectivity index (χ1n) is 9.65. The van der Waals surface area contributed by atoms with Crippen molar-refractivity contribution >= 4 is 23.1 Å². The van der Waals surface area contributed by atoms with Crippen LogP contribution >= 0.6 is 0 Å². The van der Waals surface area contributed by atoms with Crippen molar-refractivity contribution in [3.8, 4) is 11.3 Å². The van der Waals surface area contributed by atoms with Gasteiger partial charge in [0.05, 0.1) is 23.0 Å². The van der Waals surface area contributed by atoms with Crippen LogP contribution in [0, 0.1) is 0 Å². The van der Waals surface area contributed by atoms with Gasteiger partial charge >= 0.3 is 0 Å². The van der Waals surface area contributed by atoms with Crippen molar-refractivity contribution in [1.29, 1.82) is 0 Å². The predicted octanol–water partition coefficient (Wildman–Crippen LogP) is 2.23. The van der Waals surface area contributed by atoms with E-state index in [1.165, 1.54) is 15.5 Å². The van der Waals surface area contributed by atoms with Gasteiger partial charge < -0.3 is 10.2 Å². The normalized spacial score (nSPS) is 13.3. The van der Waals surface area contributed by atoms with Gasteiger partial charge in [-0.25, -0.2) is 0 Å². The van der Waals surface area contributed by atoms with Crippen molar-refractivity contribution in [3.63, 3.8) is 0 Å². The summed E-state index contributed by atoms with van der Waals surface area (Å²) in [5.74, 6) is -0.289. The van der Waals surface area contributed by atoms with E-state index in [0.29, 0.717) is 24.5 Å². The predicted molar refractivity (Wildman–Crippen MR) is 110 cm³/mol. The van der Waals surface area contributed by atoms with E-state index in [9.17, 15) is 9.59 Å². The number of nitrogens with one attached hydrogen (secondary N) is 1. The number of likely N-dealkylation sites (tertiary alicyclic amines) is 1. The van der Waals surface area contributed by atoms with Crippen molar-refractivity contribution in [3.05, 3.63) is 66.0 Å². The summed E-state index contributed by atoms with van der Waals surface area (Å²) < 4.78 is 2.88. The topological polar surface area (TPSA) is 97.4 Å². The second-order valence-electron chi connectivity index (χ2n) is 7.16. The molecule has 3 aromatic heterocycles. The summed E-state index contributed by atoms with van der Waals surface area (Å²) in [4.78, 5) is 27.2. The van der Waals surface area contributed by atoms with Gasteiger partial charge in [-0.05, 0) is 24.6 Å². The monoisotopic (exact) mass is 401 g/mol. The fourth-order valence-electron chi connectivity index (χ4n) is 3.43. The van der Waals surface area contributed by atoms with Crippen LogP contribution in [0.1, 0.15) is 27.3 Å². The molecule has 0 aliphatic carbocycles. The average molecular weight is 401 g/mol. The van der Waals surface area contributed by atoms with Crippen LogP contribution in [0.2, 0.25) is 0 Å². The Kier molecular flexibility index (Phi) is 4.27.